The molecule has 1 amide bonds. The highest BCUT2D eigenvalue weighted by Gasteiger charge is 2.18. The zero-order chi connectivity index (χ0) is 25.1. The zero-order valence-corrected chi connectivity index (χ0v) is 20.9. The van der Waals surface area contributed by atoms with Crippen molar-refractivity contribution in [3.8, 4) is 0 Å². The largest absolute Gasteiger partial charge is 0.322 e. The predicted molar refractivity (Wildman–Crippen MR) is 136 cm³/mol. The van der Waals surface area contributed by atoms with Crippen LogP contribution in [0.1, 0.15) is 10.4 Å². The number of nitrogens with zero attached hydrogens (tertiary/aromatic N) is 1. The highest BCUT2D eigenvalue weighted by molar-refractivity contribution is 7.93. The van der Waals surface area contributed by atoms with Gasteiger partial charge in [-0.1, -0.05) is 29.8 Å². The number of anilines is 3. The lowest BCUT2D eigenvalue weighted by Crippen LogP contribution is -2.15. The zero-order valence-electron chi connectivity index (χ0n) is 17.7. The summed E-state index contributed by atoms with van der Waals surface area (Å²) in [6, 6.07) is 17.5. The molecule has 0 unspecified atom stereocenters. The first kappa shape index (κ1) is 24.7. The maximum Gasteiger partial charge on any atom is 0.263 e. The molecular weight excluding hydrogens is 532 g/mol. The van der Waals surface area contributed by atoms with Crippen LogP contribution in [0.5, 0.6) is 0 Å². The topological polar surface area (TPSA) is 134 Å². The molecule has 0 spiro atoms. The number of thiazole rings is 1. The van der Waals surface area contributed by atoms with Crippen molar-refractivity contribution in [2.24, 2.45) is 0 Å². The summed E-state index contributed by atoms with van der Waals surface area (Å²) in [7, 11) is -7.63. The van der Waals surface area contributed by atoms with Crippen molar-refractivity contribution in [2.45, 2.75) is 9.79 Å². The molecule has 0 saturated carbocycles. The number of hydrogen-bond donors (Lipinski definition) is 3. The number of hydrogen-bond acceptors (Lipinski definition) is 7. The molecule has 4 rings (SSSR count). The van der Waals surface area contributed by atoms with Gasteiger partial charge in [-0.25, -0.2) is 21.8 Å². The second-order valence-corrected chi connectivity index (χ2v) is 11.7. The van der Waals surface area contributed by atoms with E-state index in [0.717, 1.165) is 11.3 Å². The van der Waals surface area contributed by atoms with Gasteiger partial charge in [-0.3, -0.25) is 14.2 Å². The van der Waals surface area contributed by atoms with Crippen molar-refractivity contribution < 1.29 is 21.6 Å². The first-order valence-electron chi connectivity index (χ1n) is 9.85. The Balaban J connectivity index is 1.44. The third kappa shape index (κ3) is 5.98. The SMILES string of the molecule is O=C(Nc1ccc(S(=O)(=O)Nc2nccs2)cc1)c1ccc(NS(=O)(=O)c2ccccc2)cc1Cl. The van der Waals surface area contributed by atoms with Gasteiger partial charge in [0.1, 0.15) is 0 Å². The van der Waals surface area contributed by atoms with E-state index in [1.807, 2.05) is 0 Å². The monoisotopic (exact) mass is 548 g/mol. The lowest BCUT2D eigenvalue weighted by Gasteiger charge is -2.11. The summed E-state index contributed by atoms with van der Waals surface area (Å²) in [5, 5.41) is 4.55. The van der Waals surface area contributed by atoms with Crippen molar-refractivity contribution in [3.63, 3.8) is 0 Å². The standard InChI is InChI=1S/C22H17ClN4O5S3/c23-20-14-16(26-34(29,30)17-4-2-1-3-5-17)8-11-19(20)21(28)25-15-6-9-18(10-7-15)35(31,32)27-22-24-12-13-33-22/h1-14,26H,(H,24,27)(H,25,28). The normalized spacial score (nSPS) is 11.6. The average Bonchev–Trinajstić information content (AvgIpc) is 3.32. The van der Waals surface area contributed by atoms with E-state index in [4.69, 9.17) is 11.6 Å². The van der Waals surface area contributed by atoms with Gasteiger partial charge in [0.15, 0.2) is 5.13 Å². The van der Waals surface area contributed by atoms with E-state index in [9.17, 15) is 21.6 Å². The molecule has 9 nitrogen and oxygen atoms in total. The molecule has 0 bridgehead atoms. The van der Waals surface area contributed by atoms with Crippen LogP contribution in [0, 0.1) is 0 Å². The molecule has 3 N–H and O–H groups in total. The molecule has 1 aromatic heterocycles. The Labute approximate surface area is 210 Å². The minimum Gasteiger partial charge on any atom is -0.322 e. The summed E-state index contributed by atoms with van der Waals surface area (Å²) in [5.74, 6) is -0.552. The second kappa shape index (κ2) is 10.0. The van der Waals surface area contributed by atoms with Crippen LogP contribution in [0.3, 0.4) is 0 Å². The van der Waals surface area contributed by atoms with Crippen LogP contribution in [0.4, 0.5) is 16.5 Å². The van der Waals surface area contributed by atoms with Crippen molar-refractivity contribution >= 4 is 65.4 Å². The molecule has 180 valence electrons. The van der Waals surface area contributed by atoms with Gasteiger partial charge in [0.2, 0.25) is 0 Å². The van der Waals surface area contributed by atoms with Crippen LogP contribution in [0.25, 0.3) is 0 Å². The highest BCUT2D eigenvalue weighted by atomic mass is 35.5. The number of aromatic nitrogens is 1. The smallest absolute Gasteiger partial charge is 0.263 e. The van der Waals surface area contributed by atoms with E-state index in [1.54, 1.807) is 23.6 Å². The minimum absolute atomic E-state index is 0.00113. The number of carbonyl (C=O) groups excluding carboxylic acids is 1. The van der Waals surface area contributed by atoms with Crippen molar-refractivity contribution in [2.75, 3.05) is 14.8 Å². The van der Waals surface area contributed by atoms with Crippen LogP contribution in [-0.2, 0) is 20.0 Å². The van der Waals surface area contributed by atoms with E-state index in [1.165, 1.54) is 60.8 Å². The fourth-order valence-electron chi connectivity index (χ4n) is 2.94. The Morgan fingerprint density at radius 3 is 2.06 bits per heavy atom. The van der Waals surface area contributed by atoms with E-state index < -0.39 is 26.0 Å². The number of sulfonamides is 2. The molecule has 13 heteroatoms. The Morgan fingerprint density at radius 2 is 1.43 bits per heavy atom. The molecule has 0 radical (unpaired) electrons. The van der Waals surface area contributed by atoms with Gasteiger partial charge in [0.25, 0.3) is 26.0 Å². The minimum atomic E-state index is -3.82. The third-order valence-electron chi connectivity index (χ3n) is 4.60. The molecular formula is C22H17ClN4O5S3. The molecule has 3 aromatic carbocycles. The average molecular weight is 549 g/mol. The molecule has 1 heterocycles. The summed E-state index contributed by atoms with van der Waals surface area (Å²) in [6.07, 6.45) is 1.48. The third-order valence-corrected chi connectivity index (χ3v) is 8.48. The summed E-state index contributed by atoms with van der Waals surface area (Å²) in [6.45, 7) is 0. The van der Waals surface area contributed by atoms with Crippen LogP contribution in [0.2, 0.25) is 5.02 Å². The molecule has 4 aromatic rings. The summed E-state index contributed by atoms with van der Waals surface area (Å²) >= 11 is 7.38. The predicted octanol–water partition coefficient (Wildman–Crippen LogP) is 4.65. The highest BCUT2D eigenvalue weighted by Crippen LogP contribution is 2.25. The van der Waals surface area contributed by atoms with Crippen LogP contribution >= 0.6 is 22.9 Å². The fraction of sp³-hybridized carbons (Fsp3) is 0. The van der Waals surface area contributed by atoms with Gasteiger partial charge < -0.3 is 5.32 Å². The molecule has 0 aliphatic heterocycles. The van der Waals surface area contributed by atoms with Gasteiger partial charge >= 0.3 is 0 Å². The van der Waals surface area contributed by atoms with Crippen molar-refractivity contribution in [3.05, 3.63) is 95.0 Å². The molecule has 0 aliphatic rings. The number of halogens is 1. The first-order valence-corrected chi connectivity index (χ1v) is 14.1. The van der Waals surface area contributed by atoms with Crippen LogP contribution < -0.4 is 14.8 Å². The number of rotatable bonds is 8. The summed E-state index contributed by atoms with van der Waals surface area (Å²) in [4.78, 5) is 16.6. The Kier molecular flexibility index (Phi) is 7.08. The first-order chi connectivity index (χ1) is 16.6. The van der Waals surface area contributed by atoms with E-state index in [0.29, 0.717) is 5.69 Å². The van der Waals surface area contributed by atoms with Gasteiger partial charge in [-0.2, -0.15) is 0 Å². The van der Waals surface area contributed by atoms with Crippen molar-refractivity contribution in [1.29, 1.82) is 0 Å². The lowest BCUT2D eigenvalue weighted by atomic mass is 10.2. The summed E-state index contributed by atoms with van der Waals surface area (Å²) < 4.78 is 54.6. The molecule has 0 atom stereocenters. The van der Waals surface area contributed by atoms with Gasteiger partial charge in [0, 0.05) is 17.3 Å². The van der Waals surface area contributed by atoms with Gasteiger partial charge in [-0.05, 0) is 54.6 Å². The molecule has 0 fully saturated rings. The fourth-order valence-corrected chi connectivity index (χ4v) is 6.07. The van der Waals surface area contributed by atoms with E-state index >= 15 is 0 Å². The number of carbonyl (C=O) groups is 1. The maximum atomic E-state index is 12.7. The Bertz CT molecular complexity index is 1560. The van der Waals surface area contributed by atoms with Gasteiger partial charge in [-0.15, -0.1) is 11.3 Å². The van der Waals surface area contributed by atoms with E-state index in [-0.39, 0.29) is 31.2 Å². The Hall–Kier alpha value is -3.45. The number of nitrogens with one attached hydrogen (secondary N) is 3. The van der Waals surface area contributed by atoms with Gasteiger partial charge in [0.05, 0.1) is 26.1 Å². The molecule has 0 saturated heterocycles. The maximum absolute atomic E-state index is 12.7. The lowest BCUT2D eigenvalue weighted by molar-refractivity contribution is 0.102. The number of benzene rings is 3. The van der Waals surface area contributed by atoms with E-state index in [2.05, 4.69) is 19.7 Å². The number of amides is 1. The van der Waals surface area contributed by atoms with Crippen LogP contribution in [-0.4, -0.2) is 27.7 Å². The second-order valence-electron chi connectivity index (χ2n) is 7.03. The molecule has 35 heavy (non-hydrogen) atoms. The summed E-state index contributed by atoms with van der Waals surface area (Å²) in [5.41, 5.74) is 0.641. The quantitative estimate of drug-likeness (QED) is 0.293. The Morgan fingerprint density at radius 1 is 0.800 bits per heavy atom. The molecule has 0 aliphatic carbocycles. The van der Waals surface area contributed by atoms with Crippen molar-refractivity contribution in [1.82, 2.24) is 4.98 Å². The van der Waals surface area contributed by atoms with Crippen LogP contribution in [0.15, 0.2) is 94.2 Å².